The zero-order valence-corrected chi connectivity index (χ0v) is 12.6. The van der Waals surface area contributed by atoms with Crippen molar-refractivity contribution in [3.8, 4) is 0 Å². The normalized spacial score (nSPS) is 12.6. The molecule has 0 fully saturated rings. The molecule has 118 valence electrons. The summed E-state index contributed by atoms with van der Waals surface area (Å²) in [5.41, 5.74) is -1.18. The summed E-state index contributed by atoms with van der Waals surface area (Å²) in [7, 11) is 2.39. The molecule has 1 aromatic rings. The Kier molecular flexibility index (Phi) is 6.31. The molecule has 0 aliphatic rings. The Morgan fingerprint density at radius 1 is 1.18 bits per heavy atom. The molecular formula is C16H19NO5. The van der Waals surface area contributed by atoms with Crippen molar-refractivity contribution in [3.63, 3.8) is 0 Å². The van der Waals surface area contributed by atoms with Gasteiger partial charge in [-0.15, -0.1) is 6.58 Å². The fourth-order valence-electron chi connectivity index (χ4n) is 2.01. The van der Waals surface area contributed by atoms with Crippen molar-refractivity contribution in [1.82, 2.24) is 5.32 Å². The van der Waals surface area contributed by atoms with Crippen LogP contribution < -0.4 is 5.32 Å². The summed E-state index contributed by atoms with van der Waals surface area (Å²) in [6, 6.07) is 8.36. The number of hydrogen-bond donors (Lipinski definition) is 1. The summed E-state index contributed by atoms with van der Waals surface area (Å²) in [4.78, 5) is 36.1. The van der Waals surface area contributed by atoms with Gasteiger partial charge in [-0.05, 0) is 18.6 Å². The summed E-state index contributed by atoms with van der Waals surface area (Å²) < 4.78 is 9.34. The number of esters is 2. The summed E-state index contributed by atoms with van der Waals surface area (Å²) in [6.07, 6.45) is 1.12. The highest BCUT2D eigenvalue weighted by Gasteiger charge is 2.42. The molecule has 0 aliphatic heterocycles. The van der Waals surface area contributed by atoms with E-state index in [2.05, 4.69) is 16.6 Å². The maximum absolute atomic E-state index is 12.3. The summed E-state index contributed by atoms with van der Waals surface area (Å²) in [6.45, 7) is 3.56. The molecule has 0 unspecified atom stereocenters. The quantitative estimate of drug-likeness (QED) is 0.609. The van der Waals surface area contributed by atoms with E-state index in [0.717, 1.165) is 0 Å². The summed E-state index contributed by atoms with van der Waals surface area (Å²) in [5, 5.41) is 2.58. The van der Waals surface area contributed by atoms with E-state index < -0.39 is 23.4 Å². The standard InChI is InChI=1S/C16H19NO5/c1-4-10-16(15(20)22-3,11-13(18)21-2)17-14(19)12-8-6-5-7-9-12/h4-9H,1,10-11H2,2-3H3,(H,17,19)/t16-/m0/s1. The molecule has 1 amide bonds. The third-order valence-corrected chi connectivity index (χ3v) is 3.13. The molecule has 0 heterocycles. The second-order valence-electron chi connectivity index (χ2n) is 4.64. The average molecular weight is 305 g/mol. The van der Waals surface area contributed by atoms with Gasteiger partial charge in [-0.25, -0.2) is 4.79 Å². The molecule has 0 radical (unpaired) electrons. The molecule has 1 rings (SSSR count). The highest BCUT2D eigenvalue weighted by molar-refractivity contribution is 5.99. The van der Waals surface area contributed by atoms with E-state index in [-0.39, 0.29) is 12.8 Å². The third-order valence-electron chi connectivity index (χ3n) is 3.13. The fraction of sp³-hybridized carbons (Fsp3) is 0.312. The van der Waals surface area contributed by atoms with E-state index in [1.807, 2.05) is 0 Å². The van der Waals surface area contributed by atoms with Crippen molar-refractivity contribution in [2.24, 2.45) is 0 Å². The molecule has 22 heavy (non-hydrogen) atoms. The maximum Gasteiger partial charge on any atom is 0.332 e. The van der Waals surface area contributed by atoms with Crippen LogP contribution in [0.25, 0.3) is 0 Å². The van der Waals surface area contributed by atoms with Crippen LogP contribution in [-0.2, 0) is 19.1 Å². The number of methoxy groups -OCH3 is 2. The van der Waals surface area contributed by atoms with E-state index >= 15 is 0 Å². The minimum atomic E-state index is -1.55. The molecule has 1 aromatic carbocycles. The molecule has 6 heteroatoms. The van der Waals surface area contributed by atoms with Crippen LogP contribution in [0.15, 0.2) is 43.0 Å². The van der Waals surface area contributed by atoms with Crippen molar-refractivity contribution in [2.45, 2.75) is 18.4 Å². The van der Waals surface area contributed by atoms with E-state index in [1.165, 1.54) is 20.3 Å². The topological polar surface area (TPSA) is 81.7 Å². The number of carbonyl (C=O) groups is 3. The van der Waals surface area contributed by atoms with E-state index in [9.17, 15) is 14.4 Å². The lowest BCUT2D eigenvalue weighted by molar-refractivity contribution is -0.154. The minimum absolute atomic E-state index is 0.0351. The van der Waals surface area contributed by atoms with Crippen molar-refractivity contribution >= 4 is 17.8 Å². The molecule has 0 bridgehead atoms. The van der Waals surface area contributed by atoms with Crippen LogP contribution in [0.3, 0.4) is 0 Å². The smallest absolute Gasteiger partial charge is 0.332 e. The monoisotopic (exact) mass is 305 g/mol. The molecule has 0 saturated carbocycles. The van der Waals surface area contributed by atoms with Gasteiger partial charge >= 0.3 is 11.9 Å². The summed E-state index contributed by atoms with van der Waals surface area (Å²) >= 11 is 0. The van der Waals surface area contributed by atoms with Gasteiger partial charge in [-0.3, -0.25) is 9.59 Å². The first-order valence-electron chi connectivity index (χ1n) is 6.62. The first-order valence-corrected chi connectivity index (χ1v) is 6.62. The van der Waals surface area contributed by atoms with Gasteiger partial charge in [0, 0.05) is 5.56 Å². The van der Waals surface area contributed by atoms with Crippen LogP contribution in [-0.4, -0.2) is 37.6 Å². The molecule has 1 N–H and O–H groups in total. The van der Waals surface area contributed by atoms with Crippen molar-refractivity contribution in [3.05, 3.63) is 48.6 Å². The van der Waals surface area contributed by atoms with E-state index in [4.69, 9.17) is 4.74 Å². The molecular weight excluding hydrogens is 286 g/mol. The lowest BCUT2D eigenvalue weighted by Crippen LogP contribution is -2.56. The average Bonchev–Trinajstić information content (AvgIpc) is 2.54. The Morgan fingerprint density at radius 3 is 2.32 bits per heavy atom. The second kappa shape index (κ2) is 7.97. The fourth-order valence-corrected chi connectivity index (χ4v) is 2.01. The van der Waals surface area contributed by atoms with Crippen molar-refractivity contribution in [2.75, 3.05) is 14.2 Å². The van der Waals surface area contributed by atoms with Crippen molar-refractivity contribution < 1.29 is 23.9 Å². The van der Waals surface area contributed by atoms with Crippen LogP contribution in [0.2, 0.25) is 0 Å². The molecule has 0 saturated heterocycles. The number of hydrogen-bond acceptors (Lipinski definition) is 5. The molecule has 0 aliphatic carbocycles. The molecule has 1 atom stereocenters. The van der Waals surface area contributed by atoms with Crippen molar-refractivity contribution in [1.29, 1.82) is 0 Å². The van der Waals surface area contributed by atoms with Gasteiger partial charge in [0.2, 0.25) is 0 Å². The van der Waals surface area contributed by atoms with Gasteiger partial charge in [0.25, 0.3) is 5.91 Å². The highest BCUT2D eigenvalue weighted by Crippen LogP contribution is 2.20. The first kappa shape index (κ1) is 17.4. The molecule has 0 spiro atoms. The predicted octanol–water partition coefficient (Wildman–Crippen LogP) is 1.47. The predicted molar refractivity (Wildman–Crippen MR) is 80.1 cm³/mol. The van der Waals surface area contributed by atoms with E-state index in [0.29, 0.717) is 5.56 Å². The maximum atomic E-state index is 12.3. The third kappa shape index (κ3) is 4.18. The van der Waals surface area contributed by atoms with Gasteiger partial charge in [0.15, 0.2) is 5.54 Å². The zero-order valence-electron chi connectivity index (χ0n) is 12.6. The van der Waals surface area contributed by atoms with E-state index in [1.54, 1.807) is 30.3 Å². The lowest BCUT2D eigenvalue weighted by atomic mass is 9.90. The Hall–Kier alpha value is -2.63. The number of amides is 1. The zero-order chi connectivity index (χ0) is 16.6. The van der Waals surface area contributed by atoms with Gasteiger partial charge in [0.1, 0.15) is 0 Å². The van der Waals surface area contributed by atoms with Gasteiger partial charge in [-0.1, -0.05) is 24.3 Å². The number of nitrogens with one attached hydrogen (secondary N) is 1. The van der Waals surface area contributed by atoms with Gasteiger partial charge in [0.05, 0.1) is 20.6 Å². The van der Waals surface area contributed by atoms with Gasteiger partial charge in [-0.2, -0.15) is 0 Å². The molecule has 6 nitrogen and oxygen atoms in total. The Bertz CT molecular complexity index is 555. The lowest BCUT2D eigenvalue weighted by Gasteiger charge is -2.30. The Labute approximate surface area is 129 Å². The number of rotatable bonds is 7. The van der Waals surface area contributed by atoms with Crippen LogP contribution in [0.4, 0.5) is 0 Å². The van der Waals surface area contributed by atoms with Crippen LogP contribution in [0, 0.1) is 0 Å². The number of carbonyl (C=O) groups excluding carboxylic acids is 3. The largest absolute Gasteiger partial charge is 0.469 e. The highest BCUT2D eigenvalue weighted by atomic mass is 16.5. The first-order chi connectivity index (χ1) is 10.5. The van der Waals surface area contributed by atoms with Crippen LogP contribution in [0.1, 0.15) is 23.2 Å². The minimum Gasteiger partial charge on any atom is -0.469 e. The SMILES string of the molecule is C=CC[C@@](CC(=O)OC)(NC(=O)c1ccccc1)C(=O)OC. The molecule has 0 aromatic heterocycles. The number of benzene rings is 1. The van der Waals surface area contributed by atoms with Gasteiger partial charge < -0.3 is 14.8 Å². The van der Waals surface area contributed by atoms with Crippen LogP contribution >= 0.6 is 0 Å². The Balaban J connectivity index is 3.12. The second-order valence-corrected chi connectivity index (χ2v) is 4.64. The Morgan fingerprint density at radius 2 is 1.82 bits per heavy atom. The van der Waals surface area contributed by atoms with Crippen LogP contribution in [0.5, 0.6) is 0 Å². The summed E-state index contributed by atoms with van der Waals surface area (Å²) in [5.74, 6) is -1.86. The number of ether oxygens (including phenoxy) is 2.